The highest BCUT2D eigenvalue weighted by molar-refractivity contribution is 7.98. The van der Waals surface area contributed by atoms with Gasteiger partial charge in [0.25, 0.3) is 5.91 Å². The number of thioether (sulfide) groups is 1. The van der Waals surface area contributed by atoms with Crippen LogP contribution in [0, 0.1) is 6.92 Å². The number of carbonyl (C=O) groups excluding carboxylic acids is 1. The molecule has 1 fully saturated rings. The second-order valence-corrected chi connectivity index (χ2v) is 10.6. The highest BCUT2D eigenvalue weighted by Gasteiger charge is 2.31. The number of piperazine rings is 1. The summed E-state index contributed by atoms with van der Waals surface area (Å²) in [5.41, 5.74) is 3.40. The van der Waals surface area contributed by atoms with Crippen LogP contribution in [0.1, 0.15) is 32.7 Å². The molecule has 2 aromatic carbocycles. The smallest absolute Gasteiger partial charge is 0.368 e. The fourth-order valence-electron chi connectivity index (χ4n) is 4.51. The molecule has 3 heterocycles. The van der Waals surface area contributed by atoms with Crippen LogP contribution in [0.5, 0.6) is 0 Å². The van der Waals surface area contributed by atoms with E-state index in [0.29, 0.717) is 54.9 Å². The summed E-state index contributed by atoms with van der Waals surface area (Å²) in [7, 11) is 0. The molecule has 1 N–H and O–H groups in total. The predicted molar refractivity (Wildman–Crippen MR) is 154 cm³/mol. The van der Waals surface area contributed by atoms with Gasteiger partial charge in [-0.05, 0) is 60.5 Å². The lowest BCUT2D eigenvalue weighted by molar-refractivity contribution is -0.137. The van der Waals surface area contributed by atoms with E-state index in [9.17, 15) is 18.0 Å². The van der Waals surface area contributed by atoms with Crippen molar-refractivity contribution in [2.75, 3.05) is 36.0 Å². The molecule has 5 rings (SSSR count). The van der Waals surface area contributed by atoms with Crippen LogP contribution < -0.4 is 15.1 Å². The second kappa shape index (κ2) is 12.6. The van der Waals surface area contributed by atoms with Gasteiger partial charge in [0.1, 0.15) is 5.82 Å². The summed E-state index contributed by atoms with van der Waals surface area (Å²) in [6, 6.07) is 18.6. The van der Waals surface area contributed by atoms with Crippen molar-refractivity contribution in [1.29, 1.82) is 0 Å². The molecule has 0 spiro atoms. The SMILES string of the molecule is Cc1cc(N2CCN(c3cccc(C(F)(F)F)c3)CC2)nc(SCc2ccc(C(=O)NCc3ccncc3)cc2)n1. The average Bonchev–Trinajstić information content (AvgIpc) is 2.99. The van der Waals surface area contributed by atoms with Crippen molar-refractivity contribution >= 4 is 29.2 Å². The molecule has 1 amide bonds. The monoisotopic (exact) mass is 578 g/mol. The average molecular weight is 579 g/mol. The molecule has 0 saturated carbocycles. The number of aromatic nitrogens is 3. The number of amides is 1. The van der Waals surface area contributed by atoms with Gasteiger partial charge in [-0.1, -0.05) is 30.0 Å². The number of rotatable bonds is 8. The molecule has 2 aromatic heterocycles. The van der Waals surface area contributed by atoms with E-state index in [4.69, 9.17) is 4.98 Å². The highest BCUT2D eigenvalue weighted by Crippen LogP contribution is 2.32. The zero-order valence-corrected chi connectivity index (χ0v) is 23.3. The summed E-state index contributed by atoms with van der Waals surface area (Å²) in [5, 5.41) is 3.56. The van der Waals surface area contributed by atoms with Crippen LogP contribution in [0.3, 0.4) is 0 Å². The van der Waals surface area contributed by atoms with E-state index < -0.39 is 11.7 Å². The molecule has 1 aliphatic heterocycles. The van der Waals surface area contributed by atoms with Crippen molar-refractivity contribution in [1.82, 2.24) is 20.3 Å². The summed E-state index contributed by atoms with van der Waals surface area (Å²) in [5.74, 6) is 1.32. The lowest BCUT2D eigenvalue weighted by Crippen LogP contribution is -2.47. The van der Waals surface area contributed by atoms with Crippen LogP contribution in [0.2, 0.25) is 0 Å². The molecular weight excluding hydrogens is 549 g/mol. The lowest BCUT2D eigenvalue weighted by Gasteiger charge is -2.37. The predicted octanol–water partition coefficient (Wildman–Crippen LogP) is 5.75. The zero-order valence-electron chi connectivity index (χ0n) is 22.4. The third-order valence-corrected chi connectivity index (χ3v) is 7.67. The Morgan fingerprint density at radius 2 is 1.61 bits per heavy atom. The number of hydrogen-bond acceptors (Lipinski definition) is 7. The molecule has 1 aliphatic rings. The Morgan fingerprint density at radius 3 is 2.32 bits per heavy atom. The van der Waals surface area contributed by atoms with Crippen molar-refractivity contribution in [2.24, 2.45) is 0 Å². The summed E-state index contributed by atoms with van der Waals surface area (Å²) in [4.78, 5) is 29.9. The Morgan fingerprint density at radius 1 is 0.902 bits per heavy atom. The molecule has 0 radical (unpaired) electrons. The van der Waals surface area contributed by atoms with Gasteiger partial charge in [0.15, 0.2) is 5.16 Å². The first-order valence-electron chi connectivity index (χ1n) is 13.2. The standard InChI is InChI=1S/C30H29F3N6OS/c1-21-17-27(39-15-13-38(14-16-39)26-4-2-3-25(18-26)30(31,32)33)37-29(36-21)41-20-23-5-7-24(8-6-23)28(40)35-19-22-9-11-34-12-10-22/h2-12,17-18H,13-16,19-20H2,1H3,(H,35,40). The maximum Gasteiger partial charge on any atom is 0.416 e. The molecule has 41 heavy (non-hydrogen) atoms. The number of nitrogens with one attached hydrogen (secondary N) is 1. The second-order valence-electron chi connectivity index (χ2n) is 9.70. The number of hydrogen-bond donors (Lipinski definition) is 1. The minimum atomic E-state index is -4.36. The molecule has 0 bridgehead atoms. The number of pyridine rings is 1. The summed E-state index contributed by atoms with van der Waals surface area (Å²) in [6.45, 7) is 4.83. The van der Waals surface area contributed by atoms with Crippen LogP contribution >= 0.6 is 11.8 Å². The molecule has 7 nitrogen and oxygen atoms in total. The van der Waals surface area contributed by atoms with Crippen molar-refractivity contribution < 1.29 is 18.0 Å². The van der Waals surface area contributed by atoms with Gasteiger partial charge in [-0.15, -0.1) is 0 Å². The van der Waals surface area contributed by atoms with Crippen molar-refractivity contribution in [3.63, 3.8) is 0 Å². The normalized spacial score (nSPS) is 13.8. The molecular formula is C30H29F3N6OS. The first-order chi connectivity index (χ1) is 19.7. The molecule has 0 aliphatic carbocycles. The maximum absolute atomic E-state index is 13.1. The number of benzene rings is 2. The van der Waals surface area contributed by atoms with Crippen LogP contribution in [0.15, 0.2) is 84.3 Å². The summed E-state index contributed by atoms with van der Waals surface area (Å²) in [6.07, 6.45) is -0.971. The van der Waals surface area contributed by atoms with Crippen LogP contribution in [0.25, 0.3) is 0 Å². The summed E-state index contributed by atoms with van der Waals surface area (Å²) >= 11 is 1.52. The topological polar surface area (TPSA) is 74.2 Å². The Hall–Kier alpha value is -4.12. The molecule has 4 aromatic rings. The first-order valence-corrected chi connectivity index (χ1v) is 14.1. The number of anilines is 2. The number of carbonyl (C=O) groups is 1. The van der Waals surface area contributed by atoms with Crippen LogP contribution in [0.4, 0.5) is 24.7 Å². The van der Waals surface area contributed by atoms with Crippen molar-refractivity contribution in [3.8, 4) is 0 Å². The van der Waals surface area contributed by atoms with E-state index in [1.54, 1.807) is 18.5 Å². The van der Waals surface area contributed by atoms with E-state index in [1.165, 1.54) is 23.9 Å². The first kappa shape index (κ1) is 28.4. The Labute approximate surface area is 240 Å². The quantitative estimate of drug-likeness (QED) is 0.211. The fourth-order valence-corrected chi connectivity index (χ4v) is 5.36. The highest BCUT2D eigenvalue weighted by atomic mass is 32.2. The molecule has 212 valence electrons. The minimum Gasteiger partial charge on any atom is -0.368 e. The van der Waals surface area contributed by atoms with E-state index in [1.807, 2.05) is 54.3 Å². The van der Waals surface area contributed by atoms with Gasteiger partial charge in [-0.25, -0.2) is 9.97 Å². The maximum atomic E-state index is 13.1. The fraction of sp³-hybridized carbons (Fsp3) is 0.267. The van der Waals surface area contributed by atoms with Crippen LogP contribution in [-0.4, -0.2) is 47.0 Å². The van der Waals surface area contributed by atoms with Gasteiger partial charge in [0.05, 0.1) is 5.56 Å². The van der Waals surface area contributed by atoms with E-state index in [0.717, 1.165) is 28.7 Å². The largest absolute Gasteiger partial charge is 0.416 e. The molecule has 1 saturated heterocycles. The number of alkyl halides is 3. The molecule has 0 unspecified atom stereocenters. The number of nitrogens with zero attached hydrogens (tertiary/aromatic N) is 5. The third kappa shape index (κ3) is 7.55. The van der Waals surface area contributed by atoms with Gasteiger partial charge in [0, 0.05) is 73.9 Å². The summed E-state index contributed by atoms with van der Waals surface area (Å²) < 4.78 is 39.4. The van der Waals surface area contributed by atoms with Crippen molar-refractivity contribution in [2.45, 2.75) is 30.6 Å². The van der Waals surface area contributed by atoms with E-state index in [2.05, 4.69) is 20.2 Å². The Kier molecular flexibility index (Phi) is 8.72. The molecule has 0 atom stereocenters. The van der Waals surface area contributed by atoms with Gasteiger partial charge in [-0.3, -0.25) is 9.78 Å². The van der Waals surface area contributed by atoms with Gasteiger partial charge in [-0.2, -0.15) is 13.2 Å². The van der Waals surface area contributed by atoms with E-state index in [-0.39, 0.29) is 5.91 Å². The van der Waals surface area contributed by atoms with Crippen LogP contribution in [-0.2, 0) is 18.5 Å². The number of halogens is 3. The number of aryl methyl sites for hydroxylation is 1. The van der Waals surface area contributed by atoms with Gasteiger partial charge in [0.2, 0.25) is 0 Å². The van der Waals surface area contributed by atoms with Gasteiger partial charge < -0.3 is 15.1 Å². The van der Waals surface area contributed by atoms with Crippen molar-refractivity contribution in [3.05, 3.63) is 107 Å². The minimum absolute atomic E-state index is 0.138. The van der Waals surface area contributed by atoms with E-state index >= 15 is 0 Å². The lowest BCUT2D eigenvalue weighted by atomic mass is 10.1. The Balaban J connectivity index is 1.15. The third-order valence-electron chi connectivity index (χ3n) is 6.75. The van der Waals surface area contributed by atoms with Gasteiger partial charge >= 0.3 is 6.18 Å². The Bertz CT molecular complexity index is 1480. The molecule has 11 heteroatoms. The zero-order chi connectivity index (χ0) is 28.8.